The van der Waals surface area contributed by atoms with Crippen molar-refractivity contribution in [1.29, 1.82) is 0 Å². The van der Waals surface area contributed by atoms with Crippen LogP contribution in [0.3, 0.4) is 0 Å². The SMILES string of the molecule is CCCCCCCCC1(CCCCCCCC)c2cc(C)ccc2-c2ccc(C)cc21.Cc1ccc(-c2c3c(c(-c4ccc(C)cc4)c4ccccc24)-c2ccc4c5cccc6cccc(c7ccc-3c2c74)c65)cc1.Cc1ccc(C)cc1.Cc1ccc(N(c2ccccc2)c2ccc(C)cc2)cc1.Cc1ccccc1.Cc1ccccc1. The summed E-state index contributed by atoms with van der Waals surface area (Å²) < 4.78 is 0. The summed E-state index contributed by atoms with van der Waals surface area (Å²) in [6, 6.07) is 122. The van der Waals surface area contributed by atoms with Gasteiger partial charge in [-0.3, -0.25) is 0 Å². The van der Waals surface area contributed by atoms with Gasteiger partial charge in [-0.15, -0.1) is 0 Å². The lowest BCUT2D eigenvalue weighted by molar-refractivity contribution is 0.397. The molecule has 0 atom stereocenters. The largest absolute Gasteiger partial charge is 0.311 e. The number of fused-ring (bicyclic) bond motifs is 9. The van der Waals surface area contributed by atoms with Gasteiger partial charge in [0.25, 0.3) is 0 Å². The minimum Gasteiger partial charge on any atom is -0.311 e. The maximum Gasteiger partial charge on any atom is 0.0461 e. The van der Waals surface area contributed by atoms with Gasteiger partial charge in [0, 0.05) is 22.5 Å². The molecule has 592 valence electrons. The van der Waals surface area contributed by atoms with E-state index in [-0.39, 0.29) is 5.41 Å². The van der Waals surface area contributed by atoms with Gasteiger partial charge in [-0.25, -0.2) is 0 Å². The van der Waals surface area contributed by atoms with E-state index in [4.69, 9.17) is 0 Å². The van der Waals surface area contributed by atoms with Crippen LogP contribution in [-0.4, -0.2) is 0 Å². The molecule has 0 fully saturated rings. The van der Waals surface area contributed by atoms with E-state index in [0.717, 1.165) is 0 Å². The van der Waals surface area contributed by atoms with Crippen molar-refractivity contribution in [2.45, 2.75) is 178 Å². The van der Waals surface area contributed by atoms with Crippen LogP contribution in [0, 0.1) is 69.2 Å². The number of aryl methyl sites for hydroxylation is 10. The predicted octanol–water partition coefficient (Wildman–Crippen LogP) is 34.6. The Kier molecular flexibility index (Phi) is 27.2. The van der Waals surface area contributed by atoms with Crippen LogP contribution in [0.1, 0.15) is 171 Å². The molecule has 0 amide bonds. The Balaban J connectivity index is 0.000000134. The Morgan fingerprint density at radius 3 is 0.881 bits per heavy atom. The summed E-state index contributed by atoms with van der Waals surface area (Å²) in [5.74, 6) is 0. The number of nitrogens with zero attached hydrogens (tertiary/aromatic N) is 1. The molecule has 118 heavy (non-hydrogen) atoms. The third-order valence-electron chi connectivity index (χ3n) is 24.4. The molecule has 0 saturated heterocycles. The second-order valence-electron chi connectivity index (χ2n) is 33.6. The molecule has 2 aliphatic carbocycles. The molecule has 0 heterocycles. The van der Waals surface area contributed by atoms with Crippen LogP contribution in [-0.2, 0) is 5.41 Å². The number of rotatable bonds is 19. The van der Waals surface area contributed by atoms with Crippen molar-refractivity contribution in [3.05, 3.63) is 400 Å². The van der Waals surface area contributed by atoms with Crippen LogP contribution in [0.4, 0.5) is 17.1 Å². The van der Waals surface area contributed by atoms with Crippen molar-refractivity contribution in [2.24, 2.45) is 0 Å². The molecule has 0 spiro atoms. The number of unbranched alkanes of at least 4 members (excludes halogenated alkanes) is 10. The maximum atomic E-state index is 2.53. The minimum absolute atomic E-state index is 0.234. The molecule has 17 aromatic carbocycles. The van der Waals surface area contributed by atoms with Gasteiger partial charge in [-0.2, -0.15) is 0 Å². The van der Waals surface area contributed by atoms with E-state index in [2.05, 4.69) is 379 Å². The first-order valence-electron chi connectivity index (χ1n) is 43.7. The molecule has 0 N–H and O–H groups in total. The molecule has 19 rings (SSSR count). The van der Waals surface area contributed by atoms with E-state index in [1.54, 1.807) is 11.1 Å². The topological polar surface area (TPSA) is 3.24 Å². The number of benzene rings is 17. The smallest absolute Gasteiger partial charge is 0.0461 e. The van der Waals surface area contributed by atoms with Gasteiger partial charge in [-0.1, -0.05) is 444 Å². The van der Waals surface area contributed by atoms with E-state index in [1.165, 1.54) is 272 Å². The molecule has 0 radical (unpaired) electrons. The predicted molar refractivity (Wildman–Crippen MR) is 517 cm³/mol. The van der Waals surface area contributed by atoms with Gasteiger partial charge in [0.1, 0.15) is 0 Å². The van der Waals surface area contributed by atoms with Crippen molar-refractivity contribution in [1.82, 2.24) is 0 Å². The van der Waals surface area contributed by atoms with Crippen molar-refractivity contribution < 1.29 is 0 Å². The highest BCUT2D eigenvalue weighted by atomic mass is 15.1. The minimum atomic E-state index is 0.234. The number of anilines is 3. The fourth-order valence-corrected chi connectivity index (χ4v) is 18.1. The monoisotopic (exact) mass is 1540 g/mol. The molecule has 0 aliphatic heterocycles. The van der Waals surface area contributed by atoms with Crippen LogP contribution in [0.5, 0.6) is 0 Å². The first-order chi connectivity index (χ1) is 57.6. The van der Waals surface area contributed by atoms with Crippen molar-refractivity contribution in [3.8, 4) is 55.6 Å². The summed E-state index contributed by atoms with van der Waals surface area (Å²) in [6.45, 7) is 26.1. The number of hydrogen-bond donors (Lipinski definition) is 0. The van der Waals surface area contributed by atoms with Crippen molar-refractivity contribution in [2.75, 3.05) is 4.90 Å². The summed E-state index contributed by atoms with van der Waals surface area (Å²) in [7, 11) is 0. The zero-order valence-electron chi connectivity index (χ0n) is 72.1. The summed E-state index contributed by atoms with van der Waals surface area (Å²) in [5.41, 5.74) is 33.9. The molecule has 17 aromatic rings. The molecule has 0 aromatic heterocycles. The summed E-state index contributed by atoms with van der Waals surface area (Å²) in [6.07, 6.45) is 19.2. The van der Waals surface area contributed by atoms with Crippen LogP contribution < -0.4 is 4.90 Å². The first kappa shape index (κ1) is 82.6. The molecule has 0 unspecified atom stereocenters. The Labute approximate surface area is 705 Å². The van der Waals surface area contributed by atoms with E-state index < -0.39 is 0 Å². The normalized spacial score (nSPS) is 11.8. The lowest BCUT2D eigenvalue weighted by Gasteiger charge is -2.33. The van der Waals surface area contributed by atoms with Gasteiger partial charge < -0.3 is 4.90 Å². The second kappa shape index (κ2) is 38.9. The third kappa shape index (κ3) is 18.7. The van der Waals surface area contributed by atoms with Gasteiger partial charge in [0.2, 0.25) is 0 Å². The highest BCUT2D eigenvalue weighted by molar-refractivity contribution is 6.39. The average Bonchev–Trinajstić information content (AvgIpc) is 1.50. The second-order valence-corrected chi connectivity index (χ2v) is 33.6. The molecule has 0 saturated carbocycles. The average molecular weight is 1540 g/mol. The molecule has 1 heteroatoms. The van der Waals surface area contributed by atoms with E-state index in [9.17, 15) is 0 Å². The lowest BCUT2D eigenvalue weighted by Crippen LogP contribution is -2.25. The van der Waals surface area contributed by atoms with Crippen LogP contribution in [0.2, 0.25) is 0 Å². The molecule has 0 bridgehead atoms. The van der Waals surface area contributed by atoms with Crippen LogP contribution in [0.15, 0.2) is 334 Å². The van der Waals surface area contributed by atoms with E-state index in [0.29, 0.717) is 0 Å². The molecule has 1 nitrogen and oxygen atoms in total. The first-order valence-corrected chi connectivity index (χ1v) is 43.7. The van der Waals surface area contributed by atoms with E-state index >= 15 is 0 Å². The Morgan fingerprint density at radius 1 is 0.212 bits per heavy atom. The Bertz CT molecular complexity index is 5780. The van der Waals surface area contributed by atoms with Crippen molar-refractivity contribution in [3.63, 3.8) is 0 Å². The maximum absolute atomic E-state index is 2.53. The quantitative estimate of drug-likeness (QED) is 0.0443. The van der Waals surface area contributed by atoms with Gasteiger partial charge in [-0.05, 0) is 239 Å². The summed E-state index contributed by atoms with van der Waals surface area (Å²) >= 11 is 0. The fraction of sp³-hybridized carbons (Fsp3) is 0.231. The number of para-hydroxylation sites is 1. The van der Waals surface area contributed by atoms with Crippen LogP contribution in [0.25, 0.3) is 109 Å². The van der Waals surface area contributed by atoms with Gasteiger partial charge in [0.05, 0.1) is 0 Å². The van der Waals surface area contributed by atoms with Gasteiger partial charge >= 0.3 is 0 Å². The highest BCUT2D eigenvalue weighted by Gasteiger charge is 2.42. The third-order valence-corrected chi connectivity index (χ3v) is 24.4. The molecule has 2 aliphatic rings. The summed E-state index contributed by atoms with van der Waals surface area (Å²) in [4.78, 5) is 2.28. The Morgan fingerprint density at radius 2 is 0.508 bits per heavy atom. The summed E-state index contributed by atoms with van der Waals surface area (Å²) in [5, 5.41) is 13.4. The lowest BCUT2D eigenvalue weighted by atomic mass is 9.70. The van der Waals surface area contributed by atoms with Crippen LogP contribution >= 0.6 is 0 Å². The molecular formula is C117H119N. The Hall–Kier alpha value is -11.9. The van der Waals surface area contributed by atoms with E-state index in [1.807, 2.05) is 42.5 Å². The standard InChI is InChI=1S/C44H28.C31H46.C20H19N.C8H10.2C7H8/c1-25-13-17-28(18-14-25)39-32-9-3-4-10-33(32)40(29-19-15-26(2)16-20-29)44-37-24-22-35-31-12-6-8-27-7-5-11-30(38(27)31)34-21-23-36(43(39)44)42(37)41(34)35;1-5-7-9-11-13-15-21-31(22-16-14-12-10-8-6-2)29-23-25(3)17-19-27(29)28-20-18-26(4)24-30(28)31;1-16-8-12-19(13-9-16)21(18-6-4-3-5-7-18)20-14-10-17(2)11-15-20;1-7-3-5-8(2)6-4-7;2*1-7-5-3-2-4-6-7/h3-24H,1-2H3;17-20,23-24H,5-16,21-22H2,1-4H3;3-15H,1-2H3;3-6H,1-2H3;2*2-6H,1H3. The van der Waals surface area contributed by atoms with Gasteiger partial charge in [0.15, 0.2) is 0 Å². The zero-order valence-corrected chi connectivity index (χ0v) is 72.1. The van der Waals surface area contributed by atoms with Crippen molar-refractivity contribution >= 4 is 70.9 Å². The molecular weight excluding hydrogens is 1420 g/mol. The fourth-order valence-electron chi connectivity index (χ4n) is 18.1. The number of hydrogen-bond acceptors (Lipinski definition) is 1. The zero-order chi connectivity index (χ0) is 82.1. The highest BCUT2D eigenvalue weighted by Crippen LogP contribution is 2.60.